The van der Waals surface area contributed by atoms with E-state index < -0.39 is 10.8 Å². The van der Waals surface area contributed by atoms with Crippen LogP contribution in [0.5, 0.6) is 0 Å². The van der Waals surface area contributed by atoms with Crippen LogP contribution in [0.2, 0.25) is 0 Å². The number of H-pyrrole nitrogens is 1. The van der Waals surface area contributed by atoms with Crippen molar-refractivity contribution in [1.82, 2.24) is 14.5 Å². The van der Waals surface area contributed by atoms with Crippen molar-refractivity contribution in [2.75, 3.05) is 0 Å². The Balaban J connectivity index is 1.59. The van der Waals surface area contributed by atoms with Gasteiger partial charge in [0.1, 0.15) is 5.37 Å². The number of carbonyl (C=O) groups excluding carboxylic acids is 1. The number of fused-ring (bicyclic) bond motifs is 2. The second-order valence-electron chi connectivity index (χ2n) is 6.32. The minimum Gasteiger partial charge on any atom is -0.360 e. The van der Waals surface area contributed by atoms with Gasteiger partial charge in [0, 0.05) is 58.1 Å². The largest absolute Gasteiger partial charge is 0.360 e. The van der Waals surface area contributed by atoms with Gasteiger partial charge in [0.05, 0.1) is 16.6 Å². The molecule has 4 heterocycles. The van der Waals surface area contributed by atoms with E-state index in [1.165, 1.54) is 0 Å². The van der Waals surface area contributed by atoms with Crippen LogP contribution in [0.1, 0.15) is 32.6 Å². The van der Waals surface area contributed by atoms with Crippen LogP contribution in [0.3, 0.4) is 0 Å². The normalized spacial score (nSPS) is 18.9. The molecule has 0 spiro atoms. The minimum atomic E-state index is -1.11. The van der Waals surface area contributed by atoms with Crippen LogP contribution < -0.4 is 0 Å². The summed E-state index contributed by atoms with van der Waals surface area (Å²) in [7, 11) is -1.11. The summed E-state index contributed by atoms with van der Waals surface area (Å²) in [6, 6.07) is 13.3. The Labute approximate surface area is 152 Å². The van der Waals surface area contributed by atoms with Crippen molar-refractivity contribution in [3.63, 3.8) is 0 Å². The molecule has 0 bridgehead atoms. The summed E-state index contributed by atoms with van der Waals surface area (Å²) in [5.74, 6) is 0.329. The molecule has 3 aromatic heterocycles. The Morgan fingerprint density at radius 2 is 2.04 bits per heavy atom. The van der Waals surface area contributed by atoms with E-state index in [4.69, 9.17) is 0 Å². The molecular formula is C20H15N3O2S. The predicted octanol–water partition coefficient (Wildman–Crippen LogP) is 3.40. The molecule has 0 aliphatic carbocycles. The molecule has 1 N–H and O–H groups in total. The zero-order valence-electron chi connectivity index (χ0n) is 13.8. The number of carbonyl (C=O) groups is 1. The van der Waals surface area contributed by atoms with Crippen molar-refractivity contribution < 1.29 is 9.00 Å². The number of hydrogen-bond acceptors (Lipinski definition) is 3. The Morgan fingerprint density at radius 1 is 1.15 bits per heavy atom. The number of benzene rings is 1. The van der Waals surface area contributed by atoms with Crippen molar-refractivity contribution in [3.8, 4) is 0 Å². The highest BCUT2D eigenvalue weighted by molar-refractivity contribution is 7.84. The Kier molecular flexibility index (Phi) is 3.39. The Hall–Kier alpha value is -2.99. The number of rotatable bonds is 3. The molecule has 0 saturated carbocycles. The summed E-state index contributed by atoms with van der Waals surface area (Å²) in [6.45, 7) is 0. The number of aromatic nitrogens is 3. The van der Waals surface area contributed by atoms with Crippen LogP contribution in [0.4, 0.5) is 0 Å². The van der Waals surface area contributed by atoms with Crippen molar-refractivity contribution in [3.05, 3.63) is 89.6 Å². The molecule has 0 radical (unpaired) electrons. The third-order valence-corrected chi connectivity index (χ3v) is 6.41. The fourth-order valence-corrected chi connectivity index (χ4v) is 5.26. The fraction of sp³-hybridized carbons (Fsp3) is 0.100. The lowest BCUT2D eigenvalue weighted by Gasteiger charge is -2.11. The standard InChI is InChI=1S/C20H15N3O2S/c24-19(16-11-22-17-6-2-1-5-14(16)17)15-7-9-23-18(15)12-26(25)20(23)13-4-3-8-21-10-13/h1-11,20,22H,12H2. The molecule has 1 aliphatic heterocycles. The number of pyridine rings is 1. The summed E-state index contributed by atoms with van der Waals surface area (Å²) < 4.78 is 14.7. The average molecular weight is 361 g/mol. The van der Waals surface area contributed by atoms with E-state index in [-0.39, 0.29) is 11.2 Å². The van der Waals surface area contributed by atoms with Gasteiger partial charge in [-0.1, -0.05) is 24.3 Å². The third kappa shape index (κ3) is 2.19. The predicted molar refractivity (Wildman–Crippen MR) is 100 cm³/mol. The number of para-hydroxylation sites is 1. The highest BCUT2D eigenvalue weighted by Gasteiger charge is 2.34. The van der Waals surface area contributed by atoms with Crippen molar-refractivity contribution in [2.45, 2.75) is 11.1 Å². The molecule has 0 amide bonds. The van der Waals surface area contributed by atoms with Gasteiger partial charge < -0.3 is 9.55 Å². The lowest BCUT2D eigenvalue weighted by molar-refractivity contribution is 0.103. The number of ketones is 1. The van der Waals surface area contributed by atoms with Gasteiger partial charge in [-0.25, -0.2) is 0 Å². The lowest BCUT2D eigenvalue weighted by atomic mass is 10.0. The molecule has 1 aromatic carbocycles. The van der Waals surface area contributed by atoms with Gasteiger partial charge in [0.15, 0.2) is 5.78 Å². The molecular weight excluding hydrogens is 346 g/mol. The summed E-state index contributed by atoms with van der Waals surface area (Å²) in [5, 5.41) is 0.614. The molecule has 6 heteroatoms. The summed E-state index contributed by atoms with van der Waals surface area (Å²) >= 11 is 0. The van der Waals surface area contributed by atoms with Crippen LogP contribution in [-0.4, -0.2) is 24.5 Å². The molecule has 1 aliphatic rings. The maximum absolute atomic E-state index is 13.1. The van der Waals surface area contributed by atoms with E-state index in [9.17, 15) is 9.00 Å². The van der Waals surface area contributed by atoms with Gasteiger partial charge in [-0.2, -0.15) is 0 Å². The average Bonchev–Trinajstić information content (AvgIpc) is 3.34. The van der Waals surface area contributed by atoms with E-state index in [0.29, 0.717) is 16.9 Å². The van der Waals surface area contributed by atoms with Gasteiger partial charge in [0.25, 0.3) is 0 Å². The van der Waals surface area contributed by atoms with Crippen LogP contribution in [0, 0.1) is 0 Å². The first-order chi connectivity index (χ1) is 12.7. The van der Waals surface area contributed by atoms with Gasteiger partial charge in [0.2, 0.25) is 0 Å². The van der Waals surface area contributed by atoms with E-state index in [1.807, 2.05) is 53.2 Å². The summed E-state index contributed by atoms with van der Waals surface area (Å²) in [5.41, 5.74) is 3.92. The first-order valence-corrected chi connectivity index (χ1v) is 9.70. The second-order valence-corrected chi connectivity index (χ2v) is 7.82. The third-order valence-electron chi connectivity index (χ3n) is 4.85. The van der Waals surface area contributed by atoms with Crippen LogP contribution in [0.15, 0.2) is 67.3 Å². The topological polar surface area (TPSA) is 67.8 Å². The molecule has 2 atom stereocenters. The molecule has 0 saturated heterocycles. The monoisotopic (exact) mass is 361 g/mol. The maximum Gasteiger partial charge on any atom is 0.197 e. The van der Waals surface area contributed by atoms with E-state index in [0.717, 1.165) is 22.2 Å². The fourth-order valence-electron chi connectivity index (χ4n) is 3.64. The van der Waals surface area contributed by atoms with Crippen LogP contribution >= 0.6 is 0 Å². The minimum absolute atomic E-state index is 0.0416. The summed E-state index contributed by atoms with van der Waals surface area (Å²) in [4.78, 5) is 20.4. The first-order valence-electron chi connectivity index (χ1n) is 8.31. The molecule has 4 aromatic rings. The number of nitrogens with zero attached hydrogens (tertiary/aromatic N) is 2. The number of nitrogens with one attached hydrogen (secondary N) is 1. The Morgan fingerprint density at radius 3 is 2.88 bits per heavy atom. The van der Waals surface area contributed by atoms with E-state index >= 15 is 0 Å². The summed E-state index contributed by atoms with van der Waals surface area (Å²) in [6.07, 6.45) is 7.05. The highest BCUT2D eigenvalue weighted by Crippen LogP contribution is 2.35. The highest BCUT2D eigenvalue weighted by atomic mass is 32.2. The van der Waals surface area contributed by atoms with Crippen LogP contribution in [-0.2, 0) is 16.6 Å². The van der Waals surface area contributed by atoms with Crippen molar-refractivity contribution in [2.24, 2.45) is 0 Å². The molecule has 128 valence electrons. The molecule has 26 heavy (non-hydrogen) atoms. The zero-order valence-corrected chi connectivity index (χ0v) is 14.6. The lowest BCUT2D eigenvalue weighted by Crippen LogP contribution is -2.08. The first kappa shape index (κ1) is 15.3. The van der Waals surface area contributed by atoms with Gasteiger partial charge in [-0.3, -0.25) is 14.0 Å². The molecule has 5 nitrogen and oxygen atoms in total. The van der Waals surface area contributed by atoms with Crippen LogP contribution in [0.25, 0.3) is 10.9 Å². The maximum atomic E-state index is 13.1. The SMILES string of the molecule is O=C(c1ccn2c1CS(=O)C2c1cccnc1)c1c[nH]c2ccccc12. The van der Waals surface area contributed by atoms with Gasteiger partial charge >= 0.3 is 0 Å². The second kappa shape index (κ2) is 5.78. The van der Waals surface area contributed by atoms with E-state index in [1.54, 1.807) is 18.6 Å². The number of aromatic amines is 1. The van der Waals surface area contributed by atoms with Crippen molar-refractivity contribution in [1.29, 1.82) is 0 Å². The van der Waals surface area contributed by atoms with Gasteiger partial charge in [-0.15, -0.1) is 0 Å². The molecule has 2 unspecified atom stereocenters. The van der Waals surface area contributed by atoms with E-state index in [2.05, 4.69) is 9.97 Å². The van der Waals surface area contributed by atoms with Crippen molar-refractivity contribution >= 4 is 27.5 Å². The Bertz CT molecular complexity index is 1160. The zero-order chi connectivity index (χ0) is 17.7. The number of hydrogen-bond donors (Lipinski definition) is 1. The van der Waals surface area contributed by atoms with Gasteiger partial charge in [-0.05, 0) is 18.2 Å². The quantitative estimate of drug-likeness (QED) is 0.569. The smallest absolute Gasteiger partial charge is 0.197 e. The molecule has 0 fully saturated rings. The molecule has 5 rings (SSSR count).